The van der Waals surface area contributed by atoms with Crippen molar-refractivity contribution in [3.63, 3.8) is 0 Å². The van der Waals surface area contributed by atoms with E-state index in [0.29, 0.717) is 23.5 Å². The van der Waals surface area contributed by atoms with Crippen LogP contribution in [0.25, 0.3) is 0 Å². The number of benzene rings is 2. The number of aryl methyl sites for hydroxylation is 1. The molecule has 2 N–H and O–H groups in total. The number of methoxy groups -OCH3 is 1. The lowest BCUT2D eigenvalue weighted by molar-refractivity contribution is -0.137. The van der Waals surface area contributed by atoms with Gasteiger partial charge in [0.1, 0.15) is 5.75 Å². The molecule has 1 aliphatic rings. The molecule has 7 heteroatoms. The maximum Gasteiger partial charge on any atom is 0.303 e. The summed E-state index contributed by atoms with van der Waals surface area (Å²) in [5.74, 6) is -1.11. The Bertz CT molecular complexity index is 896. The fourth-order valence-electron chi connectivity index (χ4n) is 3.27. The zero-order chi connectivity index (χ0) is 20.1. The predicted octanol–water partition coefficient (Wildman–Crippen LogP) is 2.70. The van der Waals surface area contributed by atoms with Crippen LogP contribution in [0.15, 0.2) is 48.5 Å². The van der Waals surface area contributed by atoms with Crippen molar-refractivity contribution in [3.05, 3.63) is 54.1 Å². The minimum atomic E-state index is -0.865. The van der Waals surface area contributed by atoms with Crippen LogP contribution in [0, 0.1) is 5.92 Å². The predicted molar refractivity (Wildman–Crippen MR) is 104 cm³/mol. The highest BCUT2D eigenvalue weighted by Gasteiger charge is 2.36. The summed E-state index contributed by atoms with van der Waals surface area (Å²) in [6.07, 6.45) is 0.549. The Morgan fingerprint density at radius 3 is 2.75 bits per heavy atom. The number of hydrogen-bond donors (Lipinski definition) is 2. The van der Waals surface area contributed by atoms with Crippen molar-refractivity contribution in [3.8, 4) is 5.75 Å². The van der Waals surface area contributed by atoms with Gasteiger partial charge in [0.15, 0.2) is 0 Å². The highest BCUT2D eigenvalue weighted by atomic mass is 16.5. The number of para-hydroxylation sites is 2. The number of nitrogens with one attached hydrogen (secondary N) is 1. The standard InChI is InChI=1S/C21H22N2O5/c1-28-18-8-3-2-7-17(18)23-13-15(12-19(23)24)21(27)22-16-6-4-5-14(11-16)9-10-20(25)26/h2-8,11,15H,9-10,12-13H2,1H3,(H,22,27)(H,25,26). The number of nitrogens with zero attached hydrogens (tertiary/aromatic N) is 1. The number of hydrogen-bond acceptors (Lipinski definition) is 4. The van der Waals surface area contributed by atoms with Crippen LogP contribution in [0.3, 0.4) is 0 Å². The first-order valence-corrected chi connectivity index (χ1v) is 9.03. The van der Waals surface area contributed by atoms with Gasteiger partial charge in [-0.1, -0.05) is 24.3 Å². The minimum absolute atomic E-state index is 0.0302. The van der Waals surface area contributed by atoms with Crippen LogP contribution in [0.5, 0.6) is 5.75 Å². The molecule has 1 fully saturated rings. The second-order valence-electron chi connectivity index (χ2n) is 6.66. The molecule has 0 aromatic heterocycles. The van der Waals surface area contributed by atoms with Crippen molar-refractivity contribution in [2.75, 3.05) is 23.9 Å². The van der Waals surface area contributed by atoms with E-state index in [9.17, 15) is 14.4 Å². The number of anilines is 2. The van der Waals surface area contributed by atoms with Crippen molar-refractivity contribution in [2.45, 2.75) is 19.3 Å². The molecule has 2 aromatic rings. The van der Waals surface area contributed by atoms with E-state index in [-0.39, 0.29) is 31.2 Å². The largest absolute Gasteiger partial charge is 0.495 e. The van der Waals surface area contributed by atoms with E-state index in [4.69, 9.17) is 9.84 Å². The molecule has 7 nitrogen and oxygen atoms in total. The van der Waals surface area contributed by atoms with Gasteiger partial charge in [-0.2, -0.15) is 0 Å². The van der Waals surface area contributed by atoms with E-state index in [1.165, 1.54) is 0 Å². The van der Waals surface area contributed by atoms with Crippen molar-refractivity contribution >= 4 is 29.2 Å². The smallest absolute Gasteiger partial charge is 0.303 e. The maximum absolute atomic E-state index is 12.7. The summed E-state index contributed by atoms with van der Waals surface area (Å²) in [5, 5.41) is 11.6. The van der Waals surface area contributed by atoms with E-state index in [1.807, 2.05) is 18.2 Å². The molecule has 2 aromatic carbocycles. The molecule has 0 saturated carbocycles. The number of carbonyl (C=O) groups is 3. The molecular weight excluding hydrogens is 360 g/mol. The van der Waals surface area contributed by atoms with Crippen LogP contribution < -0.4 is 15.0 Å². The monoisotopic (exact) mass is 382 g/mol. The van der Waals surface area contributed by atoms with Crippen LogP contribution >= 0.6 is 0 Å². The summed E-state index contributed by atoms with van der Waals surface area (Å²) in [7, 11) is 1.54. The molecule has 0 bridgehead atoms. The highest BCUT2D eigenvalue weighted by Crippen LogP contribution is 2.33. The Kier molecular flexibility index (Phi) is 5.93. The third-order valence-corrected chi connectivity index (χ3v) is 4.69. The molecule has 0 aliphatic carbocycles. The molecule has 146 valence electrons. The van der Waals surface area contributed by atoms with E-state index in [2.05, 4.69) is 5.32 Å². The topological polar surface area (TPSA) is 95.9 Å². The van der Waals surface area contributed by atoms with Gasteiger partial charge >= 0.3 is 5.97 Å². The van der Waals surface area contributed by atoms with Crippen LogP contribution in [-0.2, 0) is 20.8 Å². The number of amides is 2. The Labute approximate surface area is 162 Å². The summed E-state index contributed by atoms with van der Waals surface area (Å²) in [6.45, 7) is 0.281. The number of aliphatic carboxylic acids is 1. The molecule has 0 radical (unpaired) electrons. The normalized spacial score (nSPS) is 16.1. The molecule has 2 amide bonds. The Morgan fingerprint density at radius 2 is 2.00 bits per heavy atom. The summed E-state index contributed by atoms with van der Waals surface area (Å²) in [6, 6.07) is 14.3. The van der Waals surface area contributed by atoms with E-state index >= 15 is 0 Å². The summed E-state index contributed by atoms with van der Waals surface area (Å²) >= 11 is 0. The molecule has 1 heterocycles. The minimum Gasteiger partial charge on any atom is -0.495 e. The van der Waals surface area contributed by atoms with Crippen molar-refractivity contribution < 1.29 is 24.2 Å². The van der Waals surface area contributed by atoms with E-state index < -0.39 is 11.9 Å². The van der Waals surface area contributed by atoms with Gasteiger partial charge in [0.25, 0.3) is 0 Å². The van der Waals surface area contributed by atoms with Crippen molar-refractivity contribution in [2.24, 2.45) is 5.92 Å². The van der Waals surface area contributed by atoms with Crippen LogP contribution in [-0.4, -0.2) is 36.5 Å². The first-order valence-electron chi connectivity index (χ1n) is 9.03. The van der Waals surface area contributed by atoms with Crippen LogP contribution in [0.4, 0.5) is 11.4 Å². The van der Waals surface area contributed by atoms with Gasteiger partial charge in [-0.25, -0.2) is 0 Å². The Hall–Kier alpha value is -3.35. The van der Waals surface area contributed by atoms with Crippen molar-refractivity contribution in [1.82, 2.24) is 0 Å². The average molecular weight is 382 g/mol. The van der Waals surface area contributed by atoms with Gasteiger partial charge in [-0.05, 0) is 36.2 Å². The number of ether oxygens (including phenoxy) is 1. The number of carboxylic acids is 1. The van der Waals surface area contributed by atoms with Gasteiger partial charge < -0.3 is 20.1 Å². The van der Waals surface area contributed by atoms with E-state index in [1.54, 1.807) is 42.3 Å². The molecule has 1 atom stereocenters. The van der Waals surface area contributed by atoms with Gasteiger partial charge in [0.2, 0.25) is 11.8 Å². The second-order valence-corrected chi connectivity index (χ2v) is 6.66. The molecule has 0 spiro atoms. The third-order valence-electron chi connectivity index (χ3n) is 4.69. The third kappa shape index (κ3) is 4.49. The Balaban J connectivity index is 1.67. The molecule has 1 aliphatic heterocycles. The molecular formula is C21H22N2O5. The van der Waals surface area contributed by atoms with Crippen molar-refractivity contribution in [1.29, 1.82) is 0 Å². The first kappa shape index (κ1) is 19.4. The maximum atomic E-state index is 12.7. The van der Waals surface area contributed by atoms with Crippen LogP contribution in [0.2, 0.25) is 0 Å². The fraction of sp³-hybridized carbons (Fsp3) is 0.286. The number of carboxylic acid groups (broad SMARTS) is 1. The lowest BCUT2D eigenvalue weighted by Crippen LogP contribution is -2.28. The van der Waals surface area contributed by atoms with Gasteiger partial charge in [0.05, 0.1) is 18.7 Å². The molecule has 28 heavy (non-hydrogen) atoms. The molecule has 1 saturated heterocycles. The summed E-state index contributed by atoms with van der Waals surface area (Å²) in [5.41, 5.74) is 2.08. The molecule has 3 rings (SSSR count). The molecule has 1 unspecified atom stereocenters. The Morgan fingerprint density at radius 1 is 1.21 bits per heavy atom. The zero-order valence-corrected chi connectivity index (χ0v) is 15.6. The van der Waals surface area contributed by atoms with E-state index in [0.717, 1.165) is 5.56 Å². The SMILES string of the molecule is COc1ccccc1N1CC(C(=O)Nc2cccc(CCC(=O)O)c2)CC1=O. The van der Waals surface area contributed by atoms with Gasteiger partial charge in [-0.3, -0.25) is 14.4 Å². The van der Waals surface area contributed by atoms with Crippen LogP contribution in [0.1, 0.15) is 18.4 Å². The highest BCUT2D eigenvalue weighted by molar-refractivity contribution is 6.04. The quantitative estimate of drug-likeness (QED) is 0.768. The zero-order valence-electron chi connectivity index (χ0n) is 15.6. The number of carbonyl (C=O) groups excluding carboxylic acids is 2. The van der Waals surface area contributed by atoms with Gasteiger partial charge in [-0.15, -0.1) is 0 Å². The first-order chi connectivity index (χ1) is 13.5. The number of rotatable bonds is 7. The average Bonchev–Trinajstić information content (AvgIpc) is 3.08. The lowest BCUT2D eigenvalue weighted by Gasteiger charge is -2.19. The summed E-state index contributed by atoms with van der Waals surface area (Å²) < 4.78 is 5.31. The van der Waals surface area contributed by atoms with Gasteiger partial charge in [0, 0.05) is 25.1 Å². The fourth-order valence-corrected chi connectivity index (χ4v) is 3.27. The second kappa shape index (κ2) is 8.56. The lowest BCUT2D eigenvalue weighted by atomic mass is 10.1. The summed E-state index contributed by atoms with van der Waals surface area (Å²) in [4.78, 5) is 37.4.